The molecule has 3 heteroatoms. The van der Waals surface area contributed by atoms with Gasteiger partial charge in [0.05, 0.1) is 0 Å². The van der Waals surface area contributed by atoms with Gasteiger partial charge in [-0.3, -0.25) is 9.88 Å². The minimum Gasteiger partial charge on any atom is -0.329 e. The average molecular weight is 205 g/mol. The minimum absolute atomic E-state index is 0.325. The highest BCUT2D eigenvalue weighted by Gasteiger charge is 2.31. The second-order valence-corrected chi connectivity index (χ2v) is 4.38. The predicted molar refractivity (Wildman–Crippen MR) is 61.6 cm³/mol. The first-order valence-corrected chi connectivity index (χ1v) is 5.56. The van der Waals surface area contributed by atoms with Gasteiger partial charge in [-0.05, 0) is 44.0 Å². The molecule has 1 heterocycles. The maximum atomic E-state index is 5.87. The zero-order chi connectivity index (χ0) is 10.8. The van der Waals surface area contributed by atoms with Gasteiger partial charge in [0.1, 0.15) is 0 Å². The number of aromatic nitrogens is 1. The molecule has 1 aliphatic carbocycles. The Bertz CT molecular complexity index is 333. The van der Waals surface area contributed by atoms with Crippen molar-refractivity contribution < 1.29 is 0 Å². The van der Waals surface area contributed by atoms with Crippen LogP contribution in [0.15, 0.2) is 18.5 Å². The lowest BCUT2D eigenvalue weighted by atomic mass is 10.0. The Labute approximate surface area is 91.3 Å². The largest absolute Gasteiger partial charge is 0.329 e. The zero-order valence-electron chi connectivity index (χ0n) is 9.48. The van der Waals surface area contributed by atoms with Crippen molar-refractivity contribution in [3.63, 3.8) is 0 Å². The predicted octanol–water partition coefficient (Wildman–Crippen LogP) is 1.48. The highest BCUT2D eigenvalue weighted by atomic mass is 15.2. The van der Waals surface area contributed by atoms with Gasteiger partial charge in [0.25, 0.3) is 0 Å². The smallest absolute Gasteiger partial charge is 0.0488 e. The van der Waals surface area contributed by atoms with E-state index in [2.05, 4.69) is 29.9 Å². The number of aryl methyl sites for hydroxylation is 1. The summed E-state index contributed by atoms with van der Waals surface area (Å²) in [5.74, 6) is 0. The van der Waals surface area contributed by atoms with Gasteiger partial charge in [0, 0.05) is 31.0 Å². The number of pyridine rings is 1. The van der Waals surface area contributed by atoms with Crippen LogP contribution in [0.3, 0.4) is 0 Å². The summed E-state index contributed by atoms with van der Waals surface area (Å²) in [6.45, 7) is 2.79. The van der Waals surface area contributed by atoms with Crippen molar-refractivity contribution in [3.8, 4) is 0 Å². The van der Waals surface area contributed by atoms with Crippen molar-refractivity contribution in [2.24, 2.45) is 5.73 Å². The molecule has 15 heavy (non-hydrogen) atoms. The Morgan fingerprint density at radius 3 is 2.87 bits per heavy atom. The second kappa shape index (κ2) is 4.29. The Balaban J connectivity index is 2.21. The fraction of sp³-hybridized carbons (Fsp3) is 0.583. The molecule has 0 spiro atoms. The maximum absolute atomic E-state index is 5.87. The highest BCUT2D eigenvalue weighted by molar-refractivity contribution is 5.25. The van der Waals surface area contributed by atoms with Gasteiger partial charge in [-0.1, -0.05) is 0 Å². The fourth-order valence-corrected chi connectivity index (χ4v) is 2.07. The van der Waals surface area contributed by atoms with Crippen LogP contribution in [0.2, 0.25) is 0 Å². The summed E-state index contributed by atoms with van der Waals surface area (Å²) in [5, 5.41) is 0. The van der Waals surface area contributed by atoms with E-state index in [1.54, 1.807) is 0 Å². The van der Waals surface area contributed by atoms with Crippen LogP contribution < -0.4 is 5.73 Å². The van der Waals surface area contributed by atoms with Crippen molar-refractivity contribution in [1.29, 1.82) is 0 Å². The molecule has 0 aliphatic heterocycles. The van der Waals surface area contributed by atoms with Crippen LogP contribution >= 0.6 is 0 Å². The van der Waals surface area contributed by atoms with E-state index in [1.807, 2.05) is 12.4 Å². The SMILES string of the molecule is Cc1ccncc1C(CN)N(C)C1CC1. The number of nitrogens with zero attached hydrogens (tertiary/aromatic N) is 2. The van der Waals surface area contributed by atoms with Crippen LogP contribution in [-0.4, -0.2) is 29.5 Å². The van der Waals surface area contributed by atoms with E-state index in [1.165, 1.54) is 24.0 Å². The highest BCUT2D eigenvalue weighted by Crippen LogP contribution is 2.32. The topological polar surface area (TPSA) is 42.1 Å². The summed E-state index contributed by atoms with van der Waals surface area (Å²) < 4.78 is 0. The summed E-state index contributed by atoms with van der Waals surface area (Å²) in [5.41, 5.74) is 8.43. The third-order valence-corrected chi connectivity index (χ3v) is 3.28. The molecule has 1 atom stereocenters. The summed E-state index contributed by atoms with van der Waals surface area (Å²) in [4.78, 5) is 6.59. The van der Waals surface area contributed by atoms with Crippen molar-refractivity contribution >= 4 is 0 Å². The third-order valence-electron chi connectivity index (χ3n) is 3.28. The maximum Gasteiger partial charge on any atom is 0.0488 e. The van der Waals surface area contributed by atoms with E-state index >= 15 is 0 Å². The van der Waals surface area contributed by atoms with Crippen LogP contribution in [0.1, 0.15) is 30.0 Å². The van der Waals surface area contributed by atoms with Gasteiger partial charge in [-0.2, -0.15) is 0 Å². The molecule has 1 fully saturated rings. The van der Waals surface area contributed by atoms with Gasteiger partial charge in [0.15, 0.2) is 0 Å². The molecular weight excluding hydrogens is 186 g/mol. The zero-order valence-corrected chi connectivity index (χ0v) is 9.48. The standard InChI is InChI=1S/C12H19N3/c1-9-5-6-14-8-11(9)12(7-13)15(2)10-3-4-10/h5-6,8,10,12H,3-4,7,13H2,1-2H3. The van der Waals surface area contributed by atoms with E-state index < -0.39 is 0 Å². The Hall–Kier alpha value is -0.930. The molecule has 3 nitrogen and oxygen atoms in total. The summed E-state index contributed by atoms with van der Waals surface area (Å²) in [6, 6.07) is 3.11. The lowest BCUT2D eigenvalue weighted by molar-refractivity contribution is 0.239. The molecule has 0 saturated heterocycles. The molecule has 1 aromatic heterocycles. The first-order valence-electron chi connectivity index (χ1n) is 5.56. The molecule has 0 bridgehead atoms. The van der Waals surface area contributed by atoms with Crippen LogP contribution in [0, 0.1) is 6.92 Å². The quantitative estimate of drug-likeness (QED) is 0.809. The van der Waals surface area contributed by atoms with Crippen LogP contribution in [0.5, 0.6) is 0 Å². The van der Waals surface area contributed by atoms with Gasteiger partial charge in [-0.25, -0.2) is 0 Å². The molecule has 0 aromatic carbocycles. The molecule has 1 aromatic rings. The molecule has 2 N–H and O–H groups in total. The average Bonchev–Trinajstić information content (AvgIpc) is 3.05. The second-order valence-electron chi connectivity index (χ2n) is 4.38. The normalized spacial score (nSPS) is 18.1. The number of hydrogen-bond acceptors (Lipinski definition) is 3. The van der Waals surface area contributed by atoms with E-state index in [0.717, 1.165) is 6.04 Å². The van der Waals surface area contributed by atoms with Gasteiger partial charge < -0.3 is 5.73 Å². The van der Waals surface area contributed by atoms with Crippen LogP contribution in [0.4, 0.5) is 0 Å². The Kier molecular flexibility index (Phi) is 3.03. The third kappa shape index (κ3) is 2.19. The number of hydrogen-bond donors (Lipinski definition) is 1. The molecular formula is C12H19N3. The van der Waals surface area contributed by atoms with Crippen molar-refractivity contribution in [2.45, 2.75) is 31.8 Å². The molecule has 1 saturated carbocycles. The first kappa shape index (κ1) is 10.6. The monoisotopic (exact) mass is 205 g/mol. The Morgan fingerprint density at radius 2 is 2.33 bits per heavy atom. The fourth-order valence-electron chi connectivity index (χ4n) is 2.07. The number of rotatable bonds is 4. The van der Waals surface area contributed by atoms with Crippen molar-refractivity contribution in [3.05, 3.63) is 29.6 Å². The van der Waals surface area contributed by atoms with Crippen LogP contribution in [-0.2, 0) is 0 Å². The molecule has 0 amide bonds. The summed E-state index contributed by atoms with van der Waals surface area (Å²) >= 11 is 0. The van der Waals surface area contributed by atoms with Gasteiger partial charge in [-0.15, -0.1) is 0 Å². The van der Waals surface area contributed by atoms with Gasteiger partial charge in [0.2, 0.25) is 0 Å². The van der Waals surface area contributed by atoms with E-state index in [0.29, 0.717) is 12.6 Å². The number of likely N-dealkylation sites (N-methyl/N-ethyl adjacent to an activating group) is 1. The summed E-state index contributed by atoms with van der Waals surface area (Å²) in [6.07, 6.45) is 6.41. The molecule has 0 radical (unpaired) electrons. The molecule has 1 unspecified atom stereocenters. The van der Waals surface area contributed by atoms with Crippen molar-refractivity contribution in [1.82, 2.24) is 9.88 Å². The molecule has 82 valence electrons. The minimum atomic E-state index is 0.325. The van der Waals surface area contributed by atoms with Gasteiger partial charge >= 0.3 is 0 Å². The first-order chi connectivity index (χ1) is 7.24. The molecule has 1 aliphatic rings. The van der Waals surface area contributed by atoms with E-state index in [4.69, 9.17) is 5.73 Å². The number of nitrogens with two attached hydrogens (primary N) is 1. The lowest BCUT2D eigenvalue weighted by Crippen LogP contribution is -2.32. The molecule has 2 rings (SSSR count). The Morgan fingerprint density at radius 1 is 1.60 bits per heavy atom. The lowest BCUT2D eigenvalue weighted by Gasteiger charge is -2.28. The van der Waals surface area contributed by atoms with E-state index in [-0.39, 0.29) is 0 Å². The van der Waals surface area contributed by atoms with Crippen molar-refractivity contribution in [2.75, 3.05) is 13.6 Å². The summed E-state index contributed by atoms with van der Waals surface area (Å²) in [7, 11) is 2.17. The van der Waals surface area contributed by atoms with Crippen LogP contribution in [0.25, 0.3) is 0 Å². The van der Waals surface area contributed by atoms with E-state index in [9.17, 15) is 0 Å².